The van der Waals surface area contributed by atoms with Gasteiger partial charge in [0, 0.05) is 19.6 Å². The molecular formula is C16H22BNO3. The van der Waals surface area contributed by atoms with Crippen LogP contribution in [0, 0.1) is 0 Å². The van der Waals surface area contributed by atoms with E-state index < -0.39 is 5.60 Å². The van der Waals surface area contributed by atoms with Gasteiger partial charge in [-0.15, -0.1) is 0 Å². The average molecular weight is 287 g/mol. The lowest BCUT2D eigenvalue weighted by molar-refractivity contribution is 0.0342. The standard InChI is InChI=1S/C16H22BNO3/c1-13-16(2,3)21-17(20-13)15-6-4-14(5-7-15)12-18-8-10-19-11-9-18/h4-7H,1,8-12H2,2-3H3. The molecule has 0 aromatic heterocycles. The van der Waals surface area contributed by atoms with Crippen molar-refractivity contribution >= 4 is 12.6 Å². The van der Waals surface area contributed by atoms with Gasteiger partial charge in [0.25, 0.3) is 0 Å². The Kier molecular flexibility index (Phi) is 4.06. The van der Waals surface area contributed by atoms with Crippen LogP contribution < -0.4 is 5.46 Å². The van der Waals surface area contributed by atoms with Gasteiger partial charge in [0.15, 0.2) is 0 Å². The van der Waals surface area contributed by atoms with Crippen LogP contribution in [0.25, 0.3) is 0 Å². The molecule has 0 unspecified atom stereocenters. The average Bonchev–Trinajstić information content (AvgIpc) is 2.75. The van der Waals surface area contributed by atoms with Gasteiger partial charge in [-0.3, -0.25) is 4.90 Å². The van der Waals surface area contributed by atoms with Crippen LogP contribution in [0.15, 0.2) is 36.6 Å². The molecule has 1 aromatic carbocycles. The first kappa shape index (κ1) is 14.6. The fraction of sp³-hybridized carbons (Fsp3) is 0.500. The van der Waals surface area contributed by atoms with Gasteiger partial charge in [-0.1, -0.05) is 30.8 Å². The van der Waals surface area contributed by atoms with Gasteiger partial charge in [-0.2, -0.15) is 0 Å². The van der Waals surface area contributed by atoms with Crippen LogP contribution in [0.5, 0.6) is 0 Å². The van der Waals surface area contributed by atoms with Crippen molar-refractivity contribution in [3.63, 3.8) is 0 Å². The van der Waals surface area contributed by atoms with Gasteiger partial charge in [0.2, 0.25) is 0 Å². The molecule has 112 valence electrons. The minimum atomic E-state index is -0.420. The Morgan fingerprint density at radius 2 is 1.86 bits per heavy atom. The van der Waals surface area contributed by atoms with Crippen molar-refractivity contribution in [1.29, 1.82) is 0 Å². The molecule has 0 saturated carbocycles. The summed E-state index contributed by atoms with van der Waals surface area (Å²) < 4.78 is 17.0. The number of benzene rings is 1. The van der Waals surface area contributed by atoms with Crippen LogP contribution in [0.4, 0.5) is 0 Å². The van der Waals surface area contributed by atoms with E-state index in [9.17, 15) is 0 Å². The largest absolute Gasteiger partial charge is 0.563 e. The molecule has 0 atom stereocenters. The maximum Gasteiger partial charge on any atom is 0.563 e. The number of ether oxygens (including phenoxy) is 1. The minimum Gasteiger partial charge on any atom is -0.534 e. The Morgan fingerprint density at radius 3 is 2.43 bits per heavy atom. The highest BCUT2D eigenvalue weighted by molar-refractivity contribution is 6.62. The fourth-order valence-electron chi connectivity index (χ4n) is 2.56. The van der Waals surface area contributed by atoms with Crippen LogP contribution >= 0.6 is 0 Å². The van der Waals surface area contributed by atoms with Crippen molar-refractivity contribution < 1.29 is 14.0 Å². The molecule has 0 aliphatic carbocycles. The van der Waals surface area contributed by atoms with Crippen molar-refractivity contribution in [2.24, 2.45) is 0 Å². The molecule has 5 heteroatoms. The topological polar surface area (TPSA) is 30.9 Å². The maximum absolute atomic E-state index is 5.89. The summed E-state index contributed by atoms with van der Waals surface area (Å²) in [7, 11) is -0.343. The summed E-state index contributed by atoms with van der Waals surface area (Å²) in [5.41, 5.74) is 1.92. The first-order valence-electron chi connectivity index (χ1n) is 7.47. The molecule has 3 rings (SSSR count). The molecule has 2 aliphatic heterocycles. The van der Waals surface area contributed by atoms with E-state index in [0.29, 0.717) is 5.76 Å². The Balaban J connectivity index is 1.63. The van der Waals surface area contributed by atoms with Crippen molar-refractivity contribution in [2.75, 3.05) is 26.3 Å². The summed E-state index contributed by atoms with van der Waals surface area (Å²) in [6.07, 6.45) is 0. The Labute approximate surface area is 126 Å². The molecule has 2 fully saturated rings. The van der Waals surface area contributed by atoms with E-state index >= 15 is 0 Å². The van der Waals surface area contributed by atoms with Gasteiger partial charge in [0.1, 0.15) is 5.60 Å². The normalized spacial score (nSPS) is 22.4. The maximum atomic E-state index is 5.89. The molecule has 0 radical (unpaired) electrons. The smallest absolute Gasteiger partial charge is 0.534 e. The SMILES string of the molecule is C=C1OB(c2ccc(CN3CCOCC3)cc2)OC1(C)C. The van der Waals surface area contributed by atoms with Crippen LogP contribution in [0.3, 0.4) is 0 Å². The summed E-state index contributed by atoms with van der Waals surface area (Å²) in [5.74, 6) is 0.685. The van der Waals surface area contributed by atoms with E-state index in [1.54, 1.807) is 0 Å². The van der Waals surface area contributed by atoms with Crippen molar-refractivity contribution in [3.8, 4) is 0 Å². The quantitative estimate of drug-likeness (QED) is 0.789. The molecule has 2 aliphatic rings. The van der Waals surface area contributed by atoms with Crippen LogP contribution in [0.1, 0.15) is 19.4 Å². The fourth-order valence-corrected chi connectivity index (χ4v) is 2.56. The molecule has 0 bridgehead atoms. The van der Waals surface area contributed by atoms with E-state index in [4.69, 9.17) is 14.0 Å². The monoisotopic (exact) mass is 287 g/mol. The van der Waals surface area contributed by atoms with E-state index in [2.05, 4.69) is 35.7 Å². The van der Waals surface area contributed by atoms with E-state index in [0.717, 1.165) is 38.3 Å². The predicted molar refractivity (Wildman–Crippen MR) is 83.3 cm³/mol. The molecule has 4 nitrogen and oxygen atoms in total. The van der Waals surface area contributed by atoms with Gasteiger partial charge in [0.05, 0.1) is 19.0 Å². The van der Waals surface area contributed by atoms with Gasteiger partial charge in [-0.05, 0) is 24.9 Å². The third kappa shape index (κ3) is 3.31. The third-order valence-corrected chi connectivity index (χ3v) is 4.08. The summed E-state index contributed by atoms with van der Waals surface area (Å²) in [4.78, 5) is 2.41. The highest BCUT2D eigenvalue weighted by Crippen LogP contribution is 2.29. The highest BCUT2D eigenvalue weighted by Gasteiger charge is 2.42. The molecule has 0 amide bonds. The first-order chi connectivity index (χ1) is 10.0. The number of hydrogen-bond acceptors (Lipinski definition) is 4. The van der Waals surface area contributed by atoms with Crippen molar-refractivity contribution in [1.82, 2.24) is 4.90 Å². The van der Waals surface area contributed by atoms with Crippen LogP contribution in [-0.4, -0.2) is 43.9 Å². The Bertz CT molecular complexity index is 509. The Morgan fingerprint density at radius 1 is 1.19 bits per heavy atom. The second-order valence-electron chi connectivity index (χ2n) is 6.13. The van der Waals surface area contributed by atoms with Gasteiger partial charge >= 0.3 is 7.12 Å². The minimum absolute atomic E-state index is 0.343. The van der Waals surface area contributed by atoms with Gasteiger partial charge < -0.3 is 14.0 Å². The van der Waals surface area contributed by atoms with E-state index in [1.807, 2.05) is 13.8 Å². The van der Waals surface area contributed by atoms with E-state index in [-0.39, 0.29) is 7.12 Å². The first-order valence-corrected chi connectivity index (χ1v) is 7.47. The lowest BCUT2D eigenvalue weighted by Gasteiger charge is -2.26. The van der Waals surface area contributed by atoms with Crippen molar-refractivity contribution in [3.05, 3.63) is 42.2 Å². The number of morpholine rings is 1. The van der Waals surface area contributed by atoms with Crippen molar-refractivity contribution in [2.45, 2.75) is 26.0 Å². The molecule has 0 spiro atoms. The van der Waals surface area contributed by atoms with Gasteiger partial charge in [-0.25, -0.2) is 0 Å². The molecule has 1 aromatic rings. The summed E-state index contributed by atoms with van der Waals surface area (Å²) >= 11 is 0. The third-order valence-electron chi connectivity index (χ3n) is 4.08. The van der Waals surface area contributed by atoms with Crippen LogP contribution in [0.2, 0.25) is 0 Å². The number of rotatable bonds is 3. The van der Waals surface area contributed by atoms with Crippen LogP contribution in [-0.2, 0) is 20.6 Å². The number of hydrogen-bond donors (Lipinski definition) is 0. The summed E-state index contributed by atoms with van der Waals surface area (Å²) in [6, 6.07) is 8.45. The predicted octanol–water partition coefficient (Wildman–Crippen LogP) is 1.55. The van der Waals surface area contributed by atoms with E-state index in [1.165, 1.54) is 5.56 Å². The molecular weight excluding hydrogens is 265 g/mol. The molecule has 2 saturated heterocycles. The Hall–Kier alpha value is -1.30. The molecule has 2 heterocycles. The summed E-state index contributed by atoms with van der Waals surface area (Å²) in [6.45, 7) is 12.5. The zero-order valence-corrected chi connectivity index (χ0v) is 12.8. The second-order valence-corrected chi connectivity index (χ2v) is 6.13. The molecule has 21 heavy (non-hydrogen) atoms. The lowest BCUT2D eigenvalue weighted by Crippen LogP contribution is -2.36. The second kappa shape index (κ2) is 5.83. The highest BCUT2D eigenvalue weighted by atomic mass is 16.7. The zero-order valence-electron chi connectivity index (χ0n) is 12.8. The number of nitrogens with zero attached hydrogens (tertiary/aromatic N) is 1. The lowest BCUT2D eigenvalue weighted by atomic mass is 9.79. The molecule has 0 N–H and O–H groups in total. The summed E-state index contributed by atoms with van der Waals surface area (Å²) in [5, 5.41) is 0. The zero-order chi connectivity index (χ0) is 14.9.